The standard InChI is InChI=1S/C3H4Cl3NO2/c4-3(5,6)1(8)2(7)9/h1,8H,(H2,7,9)/t1-/m0/s1. The van der Waals surface area contributed by atoms with E-state index in [1.165, 1.54) is 0 Å². The summed E-state index contributed by atoms with van der Waals surface area (Å²) in [5.41, 5.74) is 4.58. The first kappa shape index (κ1) is 9.30. The summed E-state index contributed by atoms with van der Waals surface area (Å²) in [7, 11) is 0. The van der Waals surface area contributed by atoms with Gasteiger partial charge in [0.2, 0.25) is 3.79 Å². The molecule has 0 aliphatic rings. The van der Waals surface area contributed by atoms with Gasteiger partial charge < -0.3 is 10.8 Å². The number of aliphatic hydroxyl groups is 1. The van der Waals surface area contributed by atoms with E-state index in [4.69, 9.17) is 39.9 Å². The lowest BCUT2D eigenvalue weighted by molar-refractivity contribution is -0.125. The molecule has 6 heteroatoms. The number of aliphatic hydroxyl groups excluding tert-OH is 1. The van der Waals surface area contributed by atoms with Crippen molar-refractivity contribution in [3.05, 3.63) is 0 Å². The molecule has 0 bridgehead atoms. The summed E-state index contributed by atoms with van der Waals surface area (Å²) < 4.78 is -2.02. The second-order valence-corrected chi connectivity index (χ2v) is 3.72. The van der Waals surface area contributed by atoms with E-state index in [-0.39, 0.29) is 0 Å². The first-order valence-electron chi connectivity index (χ1n) is 1.90. The number of halogens is 3. The zero-order valence-electron chi connectivity index (χ0n) is 4.14. The summed E-state index contributed by atoms with van der Waals surface area (Å²) in [4.78, 5) is 10.1. The van der Waals surface area contributed by atoms with Crippen LogP contribution in [0.4, 0.5) is 0 Å². The molecule has 9 heavy (non-hydrogen) atoms. The SMILES string of the molecule is NC(=O)[C@H](O)C(Cl)(Cl)Cl. The minimum atomic E-state index is -2.02. The monoisotopic (exact) mass is 191 g/mol. The van der Waals surface area contributed by atoms with Crippen LogP contribution >= 0.6 is 34.8 Å². The molecule has 0 aromatic rings. The largest absolute Gasteiger partial charge is 0.379 e. The van der Waals surface area contributed by atoms with Gasteiger partial charge in [0.25, 0.3) is 5.91 Å². The number of carbonyl (C=O) groups excluding carboxylic acids is 1. The first-order chi connectivity index (χ1) is 3.85. The van der Waals surface area contributed by atoms with E-state index in [2.05, 4.69) is 5.73 Å². The average molecular weight is 192 g/mol. The van der Waals surface area contributed by atoms with E-state index < -0.39 is 15.8 Å². The lowest BCUT2D eigenvalue weighted by Gasteiger charge is -2.14. The molecule has 3 N–H and O–H groups in total. The van der Waals surface area contributed by atoms with E-state index >= 15 is 0 Å². The molecule has 3 nitrogen and oxygen atoms in total. The molecule has 54 valence electrons. The molecular weight excluding hydrogens is 188 g/mol. The number of hydrogen-bond acceptors (Lipinski definition) is 2. The fraction of sp³-hybridized carbons (Fsp3) is 0.667. The molecule has 1 atom stereocenters. The fourth-order valence-electron chi connectivity index (χ4n) is 0.161. The van der Waals surface area contributed by atoms with Crippen molar-refractivity contribution >= 4 is 40.7 Å². The predicted molar refractivity (Wildman–Crippen MR) is 35.5 cm³/mol. The van der Waals surface area contributed by atoms with Crippen LogP contribution in [-0.2, 0) is 4.79 Å². The molecule has 0 aliphatic heterocycles. The maximum absolute atomic E-state index is 10.1. The Morgan fingerprint density at radius 2 is 1.89 bits per heavy atom. The summed E-state index contributed by atoms with van der Waals surface area (Å²) in [6.07, 6.45) is -1.75. The van der Waals surface area contributed by atoms with Gasteiger partial charge in [-0.3, -0.25) is 4.79 Å². The third-order valence-corrected chi connectivity index (χ3v) is 1.20. The van der Waals surface area contributed by atoms with Crippen molar-refractivity contribution in [2.75, 3.05) is 0 Å². The molecule has 0 fully saturated rings. The van der Waals surface area contributed by atoms with E-state index in [9.17, 15) is 4.79 Å². The Bertz CT molecular complexity index is 121. The highest BCUT2D eigenvalue weighted by molar-refractivity contribution is 6.68. The van der Waals surface area contributed by atoms with Gasteiger partial charge in [0.1, 0.15) is 0 Å². The highest BCUT2D eigenvalue weighted by Gasteiger charge is 2.34. The van der Waals surface area contributed by atoms with Crippen LogP contribution in [0.1, 0.15) is 0 Å². The fourth-order valence-corrected chi connectivity index (χ4v) is 0.484. The van der Waals surface area contributed by atoms with Crippen molar-refractivity contribution in [2.45, 2.75) is 9.90 Å². The van der Waals surface area contributed by atoms with Crippen molar-refractivity contribution in [2.24, 2.45) is 5.73 Å². The number of rotatable bonds is 1. The second kappa shape index (κ2) is 2.92. The Morgan fingerprint density at radius 3 is 1.89 bits per heavy atom. The maximum Gasteiger partial charge on any atom is 0.250 e. The van der Waals surface area contributed by atoms with Gasteiger partial charge >= 0.3 is 0 Å². The minimum absolute atomic E-state index is 1.06. The van der Waals surface area contributed by atoms with Crippen molar-refractivity contribution in [3.8, 4) is 0 Å². The number of hydrogen-bond donors (Lipinski definition) is 2. The van der Waals surface area contributed by atoms with Gasteiger partial charge in [-0.1, -0.05) is 34.8 Å². The number of alkyl halides is 3. The molecule has 0 aromatic heterocycles. The average Bonchev–Trinajstić information content (AvgIpc) is 1.62. The Hall–Kier alpha value is 0.300. The summed E-state index contributed by atoms with van der Waals surface area (Å²) in [6.45, 7) is 0. The van der Waals surface area contributed by atoms with Crippen LogP contribution in [0.25, 0.3) is 0 Å². The molecule has 0 radical (unpaired) electrons. The van der Waals surface area contributed by atoms with Gasteiger partial charge in [-0.05, 0) is 0 Å². The van der Waals surface area contributed by atoms with E-state index in [0.717, 1.165) is 0 Å². The lowest BCUT2D eigenvalue weighted by Crippen LogP contribution is -2.38. The van der Waals surface area contributed by atoms with Crippen LogP contribution < -0.4 is 5.73 Å². The number of amides is 1. The van der Waals surface area contributed by atoms with Crippen LogP contribution in [0, 0.1) is 0 Å². The normalized spacial score (nSPS) is 15.1. The maximum atomic E-state index is 10.1. The van der Waals surface area contributed by atoms with Gasteiger partial charge in [0, 0.05) is 0 Å². The smallest absolute Gasteiger partial charge is 0.250 e. The van der Waals surface area contributed by atoms with E-state index in [0.29, 0.717) is 0 Å². The van der Waals surface area contributed by atoms with Crippen LogP contribution in [0.15, 0.2) is 0 Å². The van der Waals surface area contributed by atoms with Crippen LogP contribution in [0.3, 0.4) is 0 Å². The number of carbonyl (C=O) groups is 1. The van der Waals surface area contributed by atoms with Crippen LogP contribution in [0.5, 0.6) is 0 Å². The van der Waals surface area contributed by atoms with Crippen molar-refractivity contribution < 1.29 is 9.90 Å². The molecule has 0 rings (SSSR count). The van der Waals surface area contributed by atoms with Crippen molar-refractivity contribution in [1.82, 2.24) is 0 Å². The van der Waals surface area contributed by atoms with Gasteiger partial charge in [-0.25, -0.2) is 0 Å². The van der Waals surface area contributed by atoms with E-state index in [1.54, 1.807) is 0 Å². The first-order valence-corrected chi connectivity index (χ1v) is 3.03. The van der Waals surface area contributed by atoms with Crippen molar-refractivity contribution in [1.29, 1.82) is 0 Å². The third kappa shape index (κ3) is 3.11. The molecule has 0 saturated carbocycles. The number of nitrogens with two attached hydrogens (primary N) is 1. The topological polar surface area (TPSA) is 63.3 Å². The molecular formula is C3H4Cl3NO2. The van der Waals surface area contributed by atoms with Gasteiger partial charge in [-0.15, -0.1) is 0 Å². The summed E-state index contributed by atoms with van der Waals surface area (Å²) in [6, 6.07) is 0. The zero-order valence-corrected chi connectivity index (χ0v) is 6.41. The second-order valence-electron chi connectivity index (χ2n) is 1.35. The molecule has 0 unspecified atom stereocenters. The third-order valence-electron chi connectivity index (χ3n) is 0.580. The predicted octanol–water partition coefficient (Wildman–Crippen LogP) is 0.203. The minimum Gasteiger partial charge on any atom is -0.379 e. The molecule has 0 saturated heterocycles. The molecule has 0 heterocycles. The Labute approximate surface area is 66.7 Å². The quantitative estimate of drug-likeness (QED) is 0.583. The summed E-state index contributed by atoms with van der Waals surface area (Å²) >= 11 is 15.2. The zero-order chi connectivity index (χ0) is 7.65. The molecule has 0 spiro atoms. The van der Waals surface area contributed by atoms with E-state index in [1.807, 2.05) is 0 Å². The van der Waals surface area contributed by atoms with Gasteiger partial charge in [0.05, 0.1) is 0 Å². The highest BCUT2D eigenvalue weighted by Crippen LogP contribution is 2.29. The lowest BCUT2D eigenvalue weighted by atomic mass is 10.4. The van der Waals surface area contributed by atoms with Crippen molar-refractivity contribution in [3.63, 3.8) is 0 Å². The Morgan fingerprint density at radius 1 is 1.56 bits per heavy atom. The summed E-state index contributed by atoms with van der Waals surface area (Å²) in [5.74, 6) is -1.06. The van der Waals surface area contributed by atoms with Gasteiger partial charge in [-0.2, -0.15) is 0 Å². The molecule has 1 amide bonds. The van der Waals surface area contributed by atoms with Crippen LogP contribution in [-0.4, -0.2) is 20.9 Å². The Kier molecular flexibility index (Phi) is 3.02. The van der Waals surface area contributed by atoms with Gasteiger partial charge in [0.15, 0.2) is 6.10 Å². The van der Waals surface area contributed by atoms with Crippen LogP contribution in [0.2, 0.25) is 0 Å². The Balaban J connectivity index is 4.04. The highest BCUT2D eigenvalue weighted by atomic mass is 35.6. The molecule has 0 aromatic carbocycles. The molecule has 0 aliphatic carbocycles. The summed E-state index contributed by atoms with van der Waals surface area (Å²) in [5, 5.41) is 8.59. The number of primary amides is 1.